The van der Waals surface area contributed by atoms with Crippen molar-refractivity contribution in [2.24, 2.45) is 0 Å². The molecule has 0 fully saturated rings. The van der Waals surface area contributed by atoms with Gasteiger partial charge in [-0.1, -0.05) is 12.1 Å². The van der Waals surface area contributed by atoms with Crippen LogP contribution in [0.15, 0.2) is 41.3 Å². The Labute approximate surface area is 202 Å². The normalized spacial score (nSPS) is 13.3. The predicted octanol–water partition coefficient (Wildman–Crippen LogP) is 5.51. The summed E-state index contributed by atoms with van der Waals surface area (Å²) >= 11 is 1.26. The quantitative estimate of drug-likeness (QED) is 0.342. The van der Waals surface area contributed by atoms with Crippen LogP contribution in [-0.2, 0) is 22.9 Å². The van der Waals surface area contributed by atoms with Crippen LogP contribution in [0, 0.1) is 30.9 Å². The number of nitro groups is 1. The third-order valence-electron chi connectivity index (χ3n) is 6.06. The van der Waals surface area contributed by atoms with E-state index in [-0.39, 0.29) is 21.5 Å². The zero-order valence-corrected chi connectivity index (χ0v) is 20.7. The first-order valence-corrected chi connectivity index (χ1v) is 13.2. The number of anilines is 2. The molecule has 0 atom stereocenters. The lowest BCUT2D eigenvalue weighted by Crippen LogP contribution is -2.19. The molecule has 0 aliphatic heterocycles. The van der Waals surface area contributed by atoms with Gasteiger partial charge in [0.25, 0.3) is 21.6 Å². The largest absolute Gasteiger partial charge is 0.322 e. The van der Waals surface area contributed by atoms with Crippen molar-refractivity contribution in [1.29, 1.82) is 0 Å². The van der Waals surface area contributed by atoms with Crippen LogP contribution in [-0.4, -0.2) is 19.2 Å². The fraction of sp³-hybridized carbons (Fsp3) is 0.292. The summed E-state index contributed by atoms with van der Waals surface area (Å²) in [6.07, 6.45) is 3.37. The number of benzene rings is 2. The van der Waals surface area contributed by atoms with Gasteiger partial charge in [-0.05, 0) is 80.8 Å². The highest BCUT2D eigenvalue weighted by atomic mass is 32.2. The van der Waals surface area contributed by atoms with E-state index in [1.807, 2.05) is 32.0 Å². The molecule has 2 aromatic carbocycles. The summed E-state index contributed by atoms with van der Waals surface area (Å²) in [5, 5.41) is 14.3. The van der Waals surface area contributed by atoms with Crippen molar-refractivity contribution in [1.82, 2.24) is 0 Å². The van der Waals surface area contributed by atoms with Gasteiger partial charge in [0.2, 0.25) is 0 Å². The standard InChI is InChI=1S/C24H25N3O5S2/c1-14-8-10-17(12-16(14)3)25-23(28)22-19-6-4-5-7-20(19)33-24(22)26-34(31,32)21-13-18(27(29)30)11-9-15(21)2/h8-13,26H,4-7H2,1-3H3,(H,25,28). The van der Waals surface area contributed by atoms with Crippen LogP contribution < -0.4 is 10.0 Å². The Balaban J connectivity index is 1.73. The summed E-state index contributed by atoms with van der Waals surface area (Å²) in [6, 6.07) is 9.32. The summed E-state index contributed by atoms with van der Waals surface area (Å²) in [6.45, 7) is 5.52. The van der Waals surface area contributed by atoms with Crippen LogP contribution in [0.1, 0.15) is 50.3 Å². The smallest absolute Gasteiger partial charge is 0.270 e. The van der Waals surface area contributed by atoms with Crippen molar-refractivity contribution in [3.8, 4) is 0 Å². The average Bonchev–Trinajstić information content (AvgIpc) is 3.13. The Bertz CT molecular complexity index is 1410. The van der Waals surface area contributed by atoms with Crippen molar-refractivity contribution < 1.29 is 18.1 Å². The zero-order chi connectivity index (χ0) is 24.6. The molecule has 1 aromatic heterocycles. The molecule has 1 aliphatic rings. The van der Waals surface area contributed by atoms with Gasteiger partial charge in [-0.3, -0.25) is 19.6 Å². The Morgan fingerprint density at radius 2 is 1.71 bits per heavy atom. The van der Waals surface area contributed by atoms with Gasteiger partial charge in [0.15, 0.2) is 0 Å². The first-order valence-electron chi connectivity index (χ1n) is 10.9. The summed E-state index contributed by atoms with van der Waals surface area (Å²) in [4.78, 5) is 24.7. The number of aryl methyl sites for hydroxylation is 4. The number of non-ortho nitro benzene ring substituents is 1. The first-order chi connectivity index (χ1) is 16.1. The number of hydrogen-bond donors (Lipinski definition) is 2. The minimum absolute atomic E-state index is 0.186. The van der Waals surface area contributed by atoms with Crippen molar-refractivity contribution >= 4 is 43.6 Å². The SMILES string of the molecule is Cc1ccc(NC(=O)c2c(NS(=O)(=O)c3cc([N+](=O)[O-])ccc3C)sc3c2CCCC3)cc1C. The number of nitrogens with one attached hydrogen (secondary N) is 2. The van der Waals surface area contributed by atoms with Crippen LogP contribution in [0.5, 0.6) is 0 Å². The Morgan fingerprint density at radius 1 is 1.00 bits per heavy atom. The number of fused-ring (bicyclic) bond motifs is 1. The van der Waals surface area contributed by atoms with E-state index in [2.05, 4.69) is 10.0 Å². The van der Waals surface area contributed by atoms with Gasteiger partial charge in [0.1, 0.15) is 5.00 Å². The van der Waals surface area contributed by atoms with Crippen molar-refractivity contribution in [3.05, 3.63) is 79.2 Å². The molecule has 4 rings (SSSR count). The average molecular weight is 500 g/mol. The number of carbonyl (C=O) groups is 1. The molecule has 0 saturated carbocycles. The van der Waals surface area contributed by atoms with Gasteiger partial charge >= 0.3 is 0 Å². The number of nitrogens with zero attached hydrogens (tertiary/aromatic N) is 1. The summed E-state index contributed by atoms with van der Waals surface area (Å²) in [7, 11) is -4.16. The molecule has 1 heterocycles. The predicted molar refractivity (Wildman–Crippen MR) is 133 cm³/mol. The van der Waals surface area contributed by atoms with E-state index in [4.69, 9.17) is 0 Å². The van der Waals surface area contributed by atoms with Gasteiger partial charge in [-0.15, -0.1) is 11.3 Å². The van der Waals surface area contributed by atoms with E-state index in [9.17, 15) is 23.3 Å². The minimum Gasteiger partial charge on any atom is -0.322 e. The third kappa shape index (κ3) is 4.69. The number of thiophene rings is 1. The molecule has 34 heavy (non-hydrogen) atoms. The second-order valence-corrected chi connectivity index (χ2v) is 11.2. The van der Waals surface area contributed by atoms with Gasteiger partial charge < -0.3 is 5.32 Å². The summed E-state index contributed by atoms with van der Waals surface area (Å²) in [5.74, 6) is -0.379. The number of rotatable bonds is 6. The van der Waals surface area contributed by atoms with Crippen LogP contribution in [0.4, 0.5) is 16.4 Å². The molecule has 8 nitrogen and oxygen atoms in total. The lowest BCUT2D eigenvalue weighted by atomic mass is 9.95. The highest BCUT2D eigenvalue weighted by Crippen LogP contribution is 2.40. The Kier molecular flexibility index (Phi) is 6.46. The fourth-order valence-corrected chi connectivity index (χ4v) is 6.92. The minimum atomic E-state index is -4.16. The van der Waals surface area contributed by atoms with E-state index in [1.165, 1.54) is 23.5 Å². The number of sulfonamides is 1. The number of amides is 1. The van der Waals surface area contributed by atoms with E-state index < -0.39 is 14.9 Å². The molecule has 0 spiro atoms. The van der Waals surface area contributed by atoms with Crippen molar-refractivity contribution in [2.75, 3.05) is 10.0 Å². The highest BCUT2D eigenvalue weighted by Gasteiger charge is 2.29. The Hall–Kier alpha value is -3.24. The molecule has 1 amide bonds. The maximum Gasteiger partial charge on any atom is 0.270 e. The van der Waals surface area contributed by atoms with E-state index in [0.29, 0.717) is 23.2 Å². The molecule has 0 bridgehead atoms. The van der Waals surface area contributed by atoms with E-state index >= 15 is 0 Å². The molecule has 1 aliphatic carbocycles. The van der Waals surface area contributed by atoms with Gasteiger partial charge in [-0.25, -0.2) is 8.42 Å². The number of nitro benzene ring substituents is 1. The number of hydrogen-bond acceptors (Lipinski definition) is 6. The second-order valence-electron chi connectivity index (χ2n) is 8.48. The molecule has 0 saturated heterocycles. The maximum atomic E-state index is 13.4. The number of carbonyl (C=O) groups excluding carboxylic acids is 1. The highest BCUT2D eigenvalue weighted by molar-refractivity contribution is 7.93. The first kappa shape index (κ1) is 23.9. The molecular formula is C24H25N3O5S2. The molecule has 0 unspecified atom stereocenters. The summed E-state index contributed by atoms with van der Waals surface area (Å²) in [5.41, 5.74) is 4.02. The lowest BCUT2D eigenvalue weighted by Gasteiger charge is -2.14. The monoisotopic (exact) mass is 499 g/mol. The van der Waals surface area contributed by atoms with Crippen molar-refractivity contribution in [3.63, 3.8) is 0 Å². The molecular weight excluding hydrogens is 474 g/mol. The zero-order valence-electron chi connectivity index (χ0n) is 19.1. The van der Waals surface area contributed by atoms with E-state index in [0.717, 1.165) is 46.9 Å². The van der Waals surface area contributed by atoms with Crippen LogP contribution in [0.2, 0.25) is 0 Å². The lowest BCUT2D eigenvalue weighted by molar-refractivity contribution is -0.385. The maximum absolute atomic E-state index is 13.4. The van der Waals surface area contributed by atoms with Crippen LogP contribution in [0.25, 0.3) is 0 Å². The van der Waals surface area contributed by atoms with Gasteiger partial charge in [0, 0.05) is 22.7 Å². The Morgan fingerprint density at radius 3 is 2.41 bits per heavy atom. The molecule has 178 valence electrons. The van der Waals surface area contributed by atoms with Crippen molar-refractivity contribution in [2.45, 2.75) is 51.3 Å². The van der Waals surface area contributed by atoms with E-state index in [1.54, 1.807) is 6.92 Å². The van der Waals surface area contributed by atoms with Gasteiger partial charge in [0.05, 0.1) is 15.4 Å². The molecule has 2 N–H and O–H groups in total. The fourth-order valence-electron chi connectivity index (χ4n) is 4.06. The molecule has 0 radical (unpaired) electrons. The summed E-state index contributed by atoms with van der Waals surface area (Å²) < 4.78 is 29.1. The topological polar surface area (TPSA) is 118 Å². The second kappa shape index (κ2) is 9.19. The van der Waals surface area contributed by atoms with Crippen LogP contribution >= 0.6 is 11.3 Å². The van der Waals surface area contributed by atoms with Crippen LogP contribution in [0.3, 0.4) is 0 Å². The molecule has 10 heteroatoms. The third-order valence-corrected chi connectivity index (χ3v) is 8.89. The van der Waals surface area contributed by atoms with Gasteiger partial charge in [-0.2, -0.15) is 0 Å². The molecule has 3 aromatic rings.